The minimum Gasteiger partial charge on any atom is -0.390 e. The summed E-state index contributed by atoms with van der Waals surface area (Å²) in [6, 6.07) is 15.5. The predicted molar refractivity (Wildman–Crippen MR) is 107 cm³/mol. The molecule has 0 radical (unpaired) electrons. The quantitative estimate of drug-likeness (QED) is 0.694. The molecule has 2 aromatic heterocycles. The van der Waals surface area contributed by atoms with Crippen LogP contribution in [-0.2, 0) is 4.84 Å². The summed E-state index contributed by atoms with van der Waals surface area (Å²) in [6.45, 7) is 0.398. The molecule has 1 aliphatic rings. The summed E-state index contributed by atoms with van der Waals surface area (Å²) in [6.07, 6.45) is 4.08. The molecule has 0 saturated heterocycles. The van der Waals surface area contributed by atoms with E-state index in [0.29, 0.717) is 22.2 Å². The normalized spacial score (nSPS) is 15.9. The summed E-state index contributed by atoms with van der Waals surface area (Å²) in [5.41, 5.74) is 4.07. The SMILES string of the molecule is O=C(NCC1CC(c2ccc(-c3cccnc3)cc2)=NO1)c1ccc(Cl)s1. The third kappa shape index (κ3) is 4.18. The van der Waals surface area contributed by atoms with Crippen LogP contribution in [0.4, 0.5) is 0 Å². The van der Waals surface area contributed by atoms with E-state index in [4.69, 9.17) is 16.4 Å². The van der Waals surface area contributed by atoms with Gasteiger partial charge in [-0.05, 0) is 34.9 Å². The number of carbonyl (C=O) groups excluding carboxylic acids is 1. The minimum atomic E-state index is -0.169. The maximum absolute atomic E-state index is 12.1. The summed E-state index contributed by atoms with van der Waals surface area (Å²) in [4.78, 5) is 22.3. The number of benzene rings is 1. The molecule has 0 bridgehead atoms. The van der Waals surface area contributed by atoms with E-state index in [2.05, 4.69) is 15.5 Å². The average Bonchev–Trinajstić information content (AvgIpc) is 3.36. The van der Waals surface area contributed by atoms with E-state index < -0.39 is 0 Å². The third-order valence-electron chi connectivity index (χ3n) is 4.23. The molecule has 1 aromatic carbocycles. The molecule has 1 atom stereocenters. The Morgan fingerprint density at radius 3 is 2.67 bits per heavy atom. The van der Waals surface area contributed by atoms with Gasteiger partial charge in [0.05, 0.1) is 21.5 Å². The van der Waals surface area contributed by atoms with Crippen molar-refractivity contribution in [1.82, 2.24) is 10.3 Å². The summed E-state index contributed by atoms with van der Waals surface area (Å²) in [7, 11) is 0. The number of thiophene rings is 1. The number of aromatic nitrogens is 1. The van der Waals surface area contributed by atoms with E-state index in [9.17, 15) is 4.79 Å². The maximum atomic E-state index is 12.1. The number of nitrogens with one attached hydrogen (secondary N) is 1. The van der Waals surface area contributed by atoms with Crippen molar-refractivity contribution >= 4 is 34.6 Å². The van der Waals surface area contributed by atoms with Crippen molar-refractivity contribution in [2.24, 2.45) is 5.16 Å². The highest BCUT2D eigenvalue weighted by atomic mass is 35.5. The van der Waals surface area contributed by atoms with Crippen LogP contribution in [0.5, 0.6) is 0 Å². The van der Waals surface area contributed by atoms with E-state index in [1.807, 2.05) is 42.6 Å². The molecule has 0 fully saturated rings. The first-order valence-electron chi connectivity index (χ1n) is 8.46. The Kier molecular flexibility index (Phi) is 5.18. The number of halogens is 1. The van der Waals surface area contributed by atoms with Gasteiger partial charge in [-0.1, -0.05) is 47.1 Å². The molecule has 1 aliphatic heterocycles. The lowest BCUT2D eigenvalue weighted by Crippen LogP contribution is -2.31. The Bertz CT molecular complexity index is 970. The molecule has 1 amide bonds. The van der Waals surface area contributed by atoms with E-state index in [1.165, 1.54) is 11.3 Å². The van der Waals surface area contributed by atoms with Crippen LogP contribution in [0.15, 0.2) is 66.1 Å². The average molecular weight is 398 g/mol. The van der Waals surface area contributed by atoms with Crippen LogP contribution in [0, 0.1) is 0 Å². The van der Waals surface area contributed by atoms with E-state index in [0.717, 1.165) is 22.4 Å². The van der Waals surface area contributed by atoms with Gasteiger partial charge in [-0.2, -0.15) is 0 Å². The molecule has 0 saturated carbocycles. The van der Waals surface area contributed by atoms with Gasteiger partial charge in [-0.15, -0.1) is 11.3 Å². The van der Waals surface area contributed by atoms with Crippen LogP contribution in [0.25, 0.3) is 11.1 Å². The zero-order valence-electron chi connectivity index (χ0n) is 14.3. The van der Waals surface area contributed by atoms with Gasteiger partial charge in [0.25, 0.3) is 5.91 Å². The fraction of sp³-hybridized carbons (Fsp3) is 0.150. The van der Waals surface area contributed by atoms with Crippen molar-refractivity contribution in [1.29, 1.82) is 0 Å². The second kappa shape index (κ2) is 7.90. The van der Waals surface area contributed by atoms with Gasteiger partial charge in [0.2, 0.25) is 0 Å². The van der Waals surface area contributed by atoms with Crippen LogP contribution >= 0.6 is 22.9 Å². The molecular weight excluding hydrogens is 382 g/mol. The zero-order valence-corrected chi connectivity index (χ0v) is 15.8. The van der Waals surface area contributed by atoms with E-state index >= 15 is 0 Å². The number of nitrogens with zero attached hydrogens (tertiary/aromatic N) is 2. The second-order valence-corrected chi connectivity index (χ2v) is 7.82. The van der Waals surface area contributed by atoms with Crippen molar-refractivity contribution in [3.8, 4) is 11.1 Å². The second-order valence-electron chi connectivity index (χ2n) is 6.10. The van der Waals surface area contributed by atoms with Gasteiger partial charge >= 0.3 is 0 Å². The maximum Gasteiger partial charge on any atom is 0.261 e. The highest BCUT2D eigenvalue weighted by Crippen LogP contribution is 2.23. The van der Waals surface area contributed by atoms with Crippen LogP contribution in [-0.4, -0.2) is 29.3 Å². The summed E-state index contributed by atoms with van der Waals surface area (Å²) in [5.74, 6) is -0.148. The Hall–Kier alpha value is -2.70. The lowest BCUT2D eigenvalue weighted by Gasteiger charge is -2.09. The van der Waals surface area contributed by atoms with Gasteiger partial charge in [-0.3, -0.25) is 9.78 Å². The number of rotatable bonds is 5. The molecule has 3 aromatic rings. The number of hydrogen-bond acceptors (Lipinski definition) is 5. The van der Waals surface area contributed by atoms with E-state index in [1.54, 1.807) is 18.3 Å². The molecule has 7 heteroatoms. The van der Waals surface area contributed by atoms with Gasteiger partial charge in [-0.25, -0.2) is 0 Å². The number of oxime groups is 1. The first-order valence-corrected chi connectivity index (χ1v) is 9.65. The lowest BCUT2D eigenvalue weighted by atomic mass is 10.0. The summed E-state index contributed by atoms with van der Waals surface area (Å²) in [5, 5.41) is 7.04. The first-order chi connectivity index (χ1) is 13.2. The Morgan fingerprint density at radius 1 is 1.15 bits per heavy atom. The van der Waals surface area contributed by atoms with Crippen LogP contribution < -0.4 is 5.32 Å². The Labute approximate surface area is 165 Å². The third-order valence-corrected chi connectivity index (χ3v) is 5.46. The van der Waals surface area contributed by atoms with Crippen molar-refractivity contribution in [3.63, 3.8) is 0 Å². The molecule has 0 aliphatic carbocycles. The molecule has 27 heavy (non-hydrogen) atoms. The fourth-order valence-corrected chi connectivity index (χ4v) is 3.79. The minimum absolute atomic E-state index is 0.148. The Morgan fingerprint density at radius 2 is 1.96 bits per heavy atom. The van der Waals surface area contributed by atoms with Crippen molar-refractivity contribution in [3.05, 3.63) is 75.7 Å². The van der Waals surface area contributed by atoms with Crippen molar-refractivity contribution < 1.29 is 9.63 Å². The fourth-order valence-electron chi connectivity index (χ4n) is 2.83. The van der Waals surface area contributed by atoms with Gasteiger partial charge in [0.1, 0.15) is 6.10 Å². The van der Waals surface area contributed by atoms with Gasteiger partial charge in [0, 0.05) is 18.8 Å². The molecule has 1 unspecified atom stereocenters. The van der Waals surface area contributed by atoms with Crippen molar-refractivity contribution in [2.45, 2.75) is 12.5 Å². The largest absolute Gasteiger partial charge is 0.390 e. The highest BCUT2D eigenvalue weighted by molar-refractivity contribution is 7.17. The summed E-state index contributed by atoms with van der Waals surface area (Å²) >= 11 is 7.12. The molecule has 4 rings (SSSR count). The monoisotopic (exact) mass is 397 g/mol. The molecule has 136 valence electrons. The van der Waals surface area contributed by atoms with Crippen LogP contribution in [0.1, 0.15) is 21.7 Å². The topological polar surface area (TPSA) is 63.6 Å². The van der Waals surface area contributed by atoms with Crippen molar-refractivity contribution in [2.75, 3.05) is 6.54 Å². The smallest absolute Gasteiger partial charge is 0.261 e. The Balaban J connectivity index is 1.33. The number of carbonyl (C=O) groups is 1. The number of hydrogen-bond donors (Lipinski definition) is 1. The summed E-state index contributed by atoms with van der Waals surface area (Å²) < 4.78 is 0.595. The number of amides is 1. The molecule has 3 heterocycles. The first kappa shape index (κ1) is 17.7. The molecule has 1 N–H and O–H groups in total. The van der Waals surface area contributed by atoms with Crippen LogP contribution in [0.2, 0.25) is 4.34 Å². The van der Waals surface area contributed by atoms with Gasteiger partial charge in [0.15, 0.2) is 0 Å². The van der Waals surface area contributed by atoms with E-state index in [-0.39, 0.29) is 12.0 Å². The highest BCUT2D eigenvalue weighted by Gasteiger charge is 2.23. The molecule has 5 nitrogen and oxygen atoms in total. The molecule has 0 spiro atoms. The molecular formula is C20H16ClN3O2S. The lowest BCUT2D eigenvalue weighted by molar-refractivity contribution is 0.0755. The van der Waals surface area contributed by atoms with Crippen LogP contribution in [0.3, 0.4) is 0 Å². The standard InChI is InChI=1S/C20H16ClN3O2S/c21-19-8-7-18(27-19)20(25)23-12-16-10-17(24-26-16)14-5-3-13(4-6-14)15-2-1-9-22-11-15/h1-9,11,16H,10,12H2,(H,23,25). The van der Waals surface area contributed by atoms with Gasteiger partial charge < -0.3 is 10.2 Å². The predicted octanol–water partition coefficient (Wildman–Crippen LogP) is 4.39. The zero-order chi connectivity index (χ0) is 18.6. The number of pyridine rings is 1.